The first-order chi connectivity index (χ1) is 10.1. The molecule has 2 rings (SSSR count). The number of nitrogens with zero attached hydrogens (tertiary/aromatic N) is 1. The Morgan fingerprint density at radius 3 is 2.95 bits per heavy atom. The quantitative estimate of drug-likeness (QED) is 0.516. The molecule has 0 aliphatic carbocycles. The average Bonchev–Trinajstić information content (AvgIpc) is 2.94. The molecule has 106 valence electrons. The van der Waals surface area contributed by atoms with Crippen molar-refractivity contribution in [3.05, 3.63) is 56.3 Å². The lowest BCUT2D eigenvalue weighted by Crippen LogP contribution is -2.10. The molecule has 1 aromatic heterocycles. The molecule has 3 N–H and O–H groups in total. The van der Waals surface area contributed by atoms with Crippen LogP contribution in [0.1, 0.15) is 15.2 Å². The van der Waals surface area contributed by atoms with Gasteiger partial charge in [0.15, 0.2) is 0 Å². The second kappa shape index (κ2) is 6.65. The highest BCUT2D eigenvalue weighted by Gasteiger charge is 2.11. The maximum Gasteiger partial charge on any atom is 0.271 e. The summed E-state index contributed by atoms with van der Waals surface area (Å²) in [4.78, 5) is 22.9. The highest BCUT2D eigenvalue weighted by molar-refractivity contribution is 7.10. The normalized spacial score (nSPS) is 9.57. The molecular formula is C14H11N3O3S. The summed E-state index contributed by atoms with van der Waals surface area (Å²) in [6, 6.07) is 7.42. The van der Waals surface area contributed by atoms with E-state index in [2.05, 4.69) is 17.2 Å². The van der Waals surface area contributed by atoms with Crippen molar-refractivity contribution in [2.24, 2.45) is 5.73 Å². The lowest BCUT2D eigenvalue weighted by molar-refractivity contribution is -0.384. The smallest absolute Gasteiger partial charge is 0.271 e. The minimum absolute atomic E-state index is 0.0763. The lowest BCUT2D eigenvalue weighted by atomic mass is 10.2. The third-order valence-corrected chi connectivity index (χ3v) is 3.34. The lowest BCUT2D eigenvalue weighted by Gasteiger charge is -2.03. The van der Waals surface area contributed by atoms with Crippen LogP contribution in [0.5, 0.6) is 0 Å². The molecule has 1 aromatic carbocycles. The molecular weight excluding hydrogens is 290 g/mol. The molecule has 7 heteroatoms. The number of rotatable bonds is 3. The van der Waals surface area contributed by atoms with Crippen molar-refractivity contribution in [3.8, 4) is 11.8 Å². The van der Waals surface area contributed by atoms with Crippen LogP contribution >= 0.6 is 11.3 Å². The van der Waals surface area contributed by atoms with Gasteiger partial charge in [0.2, 0.25) is 0 Å². The fourth-order valence-corrected chi connectivity index (χ4v) is 2.31. The molecule has 0 radical (unpaired) electrons. The number of nitrogens with one attached hydrogen (secondary N) is 1. The highest BCUT2D eigenvalue weighted by atomic mass is 32.1. The third kappa shape index (κ3) is 3.89. The van der Waals surface area contributed by atoms with E-state index in [4.69, 9.17) is 5.73 Å². The van der Waals surface area contributed by atoms with Crippen LogP contribution < -0.4 is 11.1 Å². The molecule has 0 fully saturated rings. The van der Waals surface area contributed by atoms with Gasteiger partial charge in [-0.3, -0.25) is 14.9 Å². The Labute approximate surface area is 124 Å². The van der Waals surface area contributed by atoms with E-state index in [0.717, 1.165) is 4.88 Å². The number of hydrogen-bond donors (Lipinski definition) is 2. The summed E-state index contributed by atoms with van der Waals surface area (Å²) in [7, 11) is 0. The van der Waals surface area contributed by atoms with Gasteiger partial charge in [0.1, 0.15) is 0 Å². The van der Waals surface area contributed by atoms with Gasteiger partial charge in [0.25, 0.3) is 11.6 Å². The number of carbonyl (C=O) groups is 1. The fraction of sp³-hybridized carbons (Fsp3) is 0.0714. The molecule has 0 aliphatic rings. The van der Waals surface area contributed by atoms with Crippen LogP contribution in [0.2, 0.25) is 0 Å². The Morgan fingerprint density at radius 1 is 1.43 bits per heavy atom. The van der Waals surface area contributed by atoms with Gasteiger partial charge in [0.05, 0.1) is 21.9 Å². The van der Waals surface area contributed by atoms with Gasteiger partial charge in [-0.15, -0.1) is 11.3 Å². The predicted octanol–water partition coefficient (Wildman–Crippen LogP) is 2.22. The first-order valence-corrected chi connectivity index (χ1v) is 6.81. The molecule has 0 spiro atoms. The summed E-state index contributed by atoms with van der Waals surface area (Å²) < 4.78 is 0. The molecule has 0 unspecified atom stereocenters. The predicted molar refractivity (Wildman–Crippen MR) is 81.3 cm³/mol. The minimum Gasteiger partial charge on any atom is -0.322 e. The summed E-state index contributed by atoms with van der Waals surface area (Å²) in [5, 5.41) is 15.0. The van der Waals surface area contributed by atoms with Crippen molar-refractivity contribution in [1.29, 1.82) is 0 Å². The number of nitrogens with two attached hydrogens (primary N) is 1. The van der Waals surface area contributed by atoms with E-state index >= 15 is 0 Å². The third-order valence-electron chi connectivity index (χ3n) is 2.49. The van der Waals surface area contributed by atoms with Crippen molar-refractivity contribution < 1.29 is 9.72 Å². The van der Waals surface area contributed by atoms with Crippen molar-refractivity contribution in [2.45, 2.75) is 0 Å². The number of non-ortho nitro benzene ring substituents is 1. The van der Waals surface area contributed by atoms with Crippen LogP contribution in [0.25, 0.3) is 0 Å². The second-order valence-corrected chi connectivity index (χ2v) is 4.88. The van der Waals surface area contributed by atoms with Crippen molar-refractivity contribution in [2.75, 3.05) is 11.9 Å². The van der Waals surface area contributed by atoms with Crippen molar-refractivity contribution >= 4 is 28.6 Å². The maximum absolute atomic E-state index is 12.0. The van der Waals surface area contributed by atoms with Gasteiger partial charge < -0.3 is 11.1 Å². The zero-order valence-electron chi connectivity index (χ0n) is 10.8. The Balaban J connectivity index is 2.12. The van der Waals surface area contributed by atoms with E-state index in [1.807, 2.05) is 0 Å². The Hall–Kier alpha value is -2.69. The standard InChI is InChI=1S/C14H11N3O3S/c15-6-2-5-13-7-10(9-21-13)14(18)16-11-3-1-4-12(8-11)17(19)20/h1,3-4,7-9H,6,15H2,(H,16,18). The van der Waals surface area contributed by atoms with Crippen molar-refractivity contribution in [3.63, 3.8) is 0 Å². The van der Waals surface area contributed by atoms with E-state index in [1.54, 1.807) is 17.5 Å². The molecule has 0 bridgehead atoms. The van der Waals surface area contributed by atoms with E-state index in [-0.39, 0.29) is 18.1 Å². The van der Waals surface area contributed by atoms with Gasteiger partial charge in [0, 0.05) is 23.2 Å². The van der Waals surface area contributed by atoms with Crippen LogP contribution in [0.4, 0.5) is 11.4 Å². The minimum atomic E-state index is -0.513. The largest absolute Gasteiger partial charge is 0.322 e. The second-order valence-electron chi connectivity index (χ2n) is 3.97. The summed E-state index contributed by atoms with van der Waals surface area (Å²) in [5.41, 5.74) is 6.03. The van der Waals surface area contributed by atoms with Crippen LogP contribution in [0, 0.1) is 22.0 Å². The summed E-state index contributed by atoms with van der Waals surface area (Å²) in [6.07, 6.45) is 0. The molecule has 21 heavy (non-hydrogen) atoms. The summed E-state index contributed by atoms with van der Waals surface area (Å²) >= 11 is 1.34. The number of thiophene rings is 1. The van der Waals surface area contributed by atoms with E-state index < -0.39 is 4.92 Å². The SMILES string of the molecule is NCC#Cc1cc(C(=O)Nc2cccc([N+](=O)[O-])c2)cs1. The molecule has 0 atom stereocenters. The van der Waals surface area contributed by atoms with Gasteiger partial charge in [-0.05, 0) is 12.1 Å². The first-order valence-electron chi connectivity index (χ1n) is 5.93. The van der Waals surface area contributed by atoms with Crippen LogP contribution in [-0.4, -0.2) is 17.4 Å². The number of anilines is 1. The molecule has 6 nitrogen and oxygen atoms in total. The molecule has 1 amide bonds. The molecule has 0 saturated carbocycles. The summed E-state index contributed by atoms with van der Waals surface area (Å²) in [6.45, 7) is 0.257. The maximum atomic E-state index is 12.0. The number of nitro benzene ring substituents is 1. The van der Waals surface area contributed by atoms with Gasteiger partial charge in [-0.25, -0.2) is 0 Å². The van der Waals surface area contributed by atoms with Crippen LogP contribution in [0.15, 0.2) is 35.7 Å². The number of carbonyl (C=O) groups excluding carboxylic acids is 1. The number of amides is 1. The molecule has 2 aromatic rings. The Kier molecular flexibility index (Phi) is 4.66. The first kappa shape index (κ1) is 14.7. The summed E-state index contributed by atoms with van der Waals surface area (Å²) in [5.74, 6) is 5.21. The monoisotopic (exact) mass is 301 g/mol. The van der Waals surface area contributed by atoms with Gasteiger partial charge in [-0.2, -0.15) is 0 Å². The zero-order valence-corrected chi connectivity index (χ0v) is 11.6. The van der Waals surface area contributed by atoms with Gasteiger partial charge >= 0.3 is 0 Å². The molecule has 1 heterocycles. The van der Waals surface area contributed by atoms with E-state index in [1.165, 1.54) is 29.5 Å². The Bertz CT molecular complexity index is 743. The highest BCUT2D eigenvalue weighted by Crippen LogP contribution is 2.19. The number of hydrogen-bond acceptors (Lipinski definition) is 5. The van der Waals surface area contributed by atoms with Crippen LogP contribution in [0.3, 0.4) is 0 Å². The van der Waals surface area contributed by atoms with Gasteiger partial charge in [-0.1, -0.05) is 17.9 Å². The fourth-order valence-electron chi connectivity index (χ4n) is 1.56. The topological polar surface area (TPSA) is 98.3 Å². The average molecular weight is 301 g/mol. The Morgan fingerprint density at radius 2 is 2.24 bits per heavy atom. The number of nitro groups is 1. The number of benzene rings is 1. The molecule has 0 saturated heterocycles. The van der Waals surface area contributed by atoms with E-state index in [0.29, 0.717) is 11.3 Å². The van der Waals surface area contributed by atoms with Crippen LogP contribution in [-0.2, 0) is 0 Å². The zero-order chi connectivity index (χ0) is 15.2. The molecule has 0 aliphatic heterocycles. The van der Waals surface area contributed by atoms with E-state index in [9.17, 15) is 14.9 Å². The van der Waals surface area contributed by atoms with Crippen molar-refractivity contribution in [1.82, 2.24) is 0 Å².